The van der Waals surface area contributed by atoms with Crippen LogP contribution in [-0.4, -0.2) is 11.7 Å². The van der Waals surface area contributed by atoms with Crippen molar-refractivity contribution in [1.82, 2.24) is 0 Å². The van der Waals surface area contributed by atoms with Gasteiger partial charge in [-0.05, 0) is 23.5 Å². The highest BCUT2D eigenvalue weighted by Gasteiger charge is 2.35. The quantitative estimate of drug-likeness (QED) is 0.868. The normalized spacial score (nSPS) is 14.6. The summed E-state index contributed by atoms with van der Waals surface area (Å²) in [6.45, 7) is 5.36. The van der Waals surface area contributed by atoms with E-state index in [9.17, 15) is 18.3 Å². The summed E-state index contributed by atoms with van der Waals surface area (Å²) in [4.78, 5) is 0. The Morgan fingerprint density at radius 2 is 1.72 bits per heavy atom. The lowest BCUT2D eigenvalue weighted by atomic mass is 9.80. The summed E-state index contributed by atoms with van der Waals surface area (Å²) in [5.74, 6) is -0.608. The number of benzene rings is 1. The largest absolute Gasteiger partial charge is 0.416 e. The molecule has 0 fully saturated rings. The predicted molar refractivity (Wildman–Crippen MR) is 65.0 cm³/mol. The Bertz CT molecular complexity index is 391. The van der Waals surface area contributed by atoms with E-state index in [-0.39, 0.29) is 17.6 Å². The van der Waals surface area contributed by atoms with Crippen LogP contribution in [0.5, 0.6) is 0 Å². The molecule has 1 atom stereocenters. The van der Waals surface area contributed by atoms with Crippen LogP contribution in [0.1, 0.15) is 37.8 Å². The minimum absolute atomic E-state index is 0.127. The molecule has 0 amide bonds. The molecule has 0 aliphatic carbocycles. The van der Waals surface area contributed by atoms with Crippen LogP contribution in [0.15, 0.2) is 24.3 Å². The number of aliphatic hydroxyl groups is 1. The average molecular weight is 259 g/mol. The summed E-state index contributed by atoms with van der Waals surface area (Å²) in [6.07, 6.45) is -2.65. The molecule has 4 heteroatoms. The van der Waals surface area contributed by atoms with E-state index >= 15 is 0 Å². The van der Waals surface area contributed by atoms with Crippen LogP contribution >= 0.6 is 0 Å². The number of alkyl halides is 3. The van der Waals surface area contributed by atoms with Crippen molar-refractivity contribution in [3.8, 4) is 0 Å². The molecule has 1 nitrogen and oxygen atoms in total. The molecule has 1 unspecified atom stereocenters. The van der Waals surface area contributed by atoms with Gasteiger partial charge in [0.1, 0.15) is 0 Å². The first-order chi connectivity index (χ1) is 8.15. The molecule has 1 aromatic rings. The van der Waals surface area contributed by atoms with Crippen molar-refractivity contribution in [3.63, 3.8) is 0 Å². The summed E-state index contributed by atoms with van der Waals surface area (Å²) in [5.41, 5.74) is -0.807. The zero-order valence-electron chi connectivity index (χ0n) is 10.8. The van der Waals surface area contributed by atoms with Gasteiger partial charge in [-0.25, -0.2) is 0 Å². The minimum Gasteiger partial charge on any atom is -0.396 e. The Hall–Kier alpha value is -1.03. The summed E-state index contributed by atoms with van der Waals surface area (Å²) in [7, 11) is 0. The Morgan fingerprint density at radius 1 is 1.17 bits per heavy atom. The van der Waals surface area contributed by atoms with Crippen LogP contribution in [0.3, 0.4) is 0 Å². The molecule has 0 aromatic heterocycles. The Labute approximate surface area is 106 Å². The van der Waals surface area contributed by atoms with E-state index in [1.165, 1.54) is 12.1 Å². The molecule has 1 N–H and O–H groups in total. The van der Waals surface area contributed by atoms with Gasteiger partial charge in [0.2, 0.25) is 0 Å². The fraction of sp³-hybridized carbons (Fsp3) is 0.500. The lowest BCUT2D eigenvalue weighted by Gasteiger charge is -2.26. The molecular weight excluding hydrogens is 241 g/mol. The van der Waals surface area contributed by atoms with Gasteiger partial charge in [0.25, 0.3) is 0 Å². The molecule has 0 bridgehead atoms. The summed E-state index contributed by atoms with van der Waals surface area (Å²) in [6, 6.07) is 5.39. The van der Waals surface area contributed by atoms with Crippen molar-refractivity contribution in [2.24, 2.45) is 5.41 Å². The third kappa shape index (κ3) is 4.02. The topological polar surface area (TPSA) is 20.2 Å². The number of hydrogen-bond donors (Lipinski definition) is 1. The van der Waals surface area contributed by atoms with Crippen molar-refractivity contribution in [1.29, 1.82) is 0 Å². The Kier molecular flexibility index (Phi) is 4.43. The van der Waals surface area contributed by atoms with Crippen LogP contribution in [-0.2, 0) is 6.18 Å². The number of halogens is 3. The van der Waals surface area contributed by atoms with E-state index in [2.05, 4.69) is 0 Å². The zero-order valence-corrected chi connectivity index (χ0v) is 10.8. The predicted octanol–water partition coefficient (Wildman–Crippen LogP) is 4.03. The maximum absolute atomic E-state index is 12.9. The SMILES string of the molecule is CC(C)(C)[CH]C(CO)c1ccccc1C(F)(F)F. The summed E-state index contributed by atoms with van der Waals surface area (Å²) >= 11 is 0. The first kappa shape index (κ1) is 15.0. The second-order valence-electron chi connectivity index (χ2n) is 5.41. The van der Waals surface area contributed by atoms with Gasteiger partial charge in [-0.15, -0.1) is 0 Å². The van der Waals surface area contributed by atoms with Crippen LogP contribution in [0.25, 0.3) is 0 Å². The van der Waals surface area contributed by atoms with Gasteiger partial charge in [-0.1, -0.05) is 39.0 Å². The smallest absolute Gasteiger partial charge is 0.396 e. The molecule has 18 heavy (non-hydrogen) atoms. The maximum Gasteiger partial charge on any atom is 0.416 e. The van der Waals surface area contributed by atoms with Crippen molar-refractivity contribution in [3.05, 3.63) is 41.8 Å². The zero-order chi connectivity index (χ0) is 14.0. The van der Waals surface area contributed by atoms with E-state index in [1.54, 1.807) is 12.5 Å². The lowest BCUT2D eigenvalue weighted by Crippen LogP contribution is -2.19. The van der Waals surface area contributed by atoms with E-state index in [4.69, 9.17) is 0 Å². The van der Waals surface area contributed by atoms with Gasteiger partial charge < -0.3 is 5.11 Å². The molecule has 0 aliphatic rings. The minimum atomic E-state index is -4.39. The molecule has 101 valence electrons. The first-order valence-corrected chi connectivity index (χ1v) is 5.78. The van der Waals surface area contributed by atoms with Crippen LogP contribution in [0.2, 0.25) is 0 Å². The second kappa shape index (κ2) is 5.31. The molecule has 0 aliphatic heterocycles. The van der Waals surface area contributed by atoms with Crippen molar-refractivity contribution in [2.75, 3.05) is 6.61 Å². The molecule has 0 heterocycles. The number of hydrogen-bond acceptors (Lipinski definition) is 1. The molecular formula is C14H18F3O. The fourth-order valence-electron chi connectivity index (χ4n) is 1.92. The van der Waals surface area contributed by atoms with E-state index in [0.717, 1.165) is 6.07 Å². The molecule has 0 saturated heterocycles. The third-order valence-electron chi connectivity index (χ3n) is 2.56. The number of aliphatic hydroxyl groups excluding tert-OH is 1. The Balaban J connectivity index is 3.14. The van der Waals surface area contributed by atoms with E-state index in [1.807, 2.05) is 20.8 Å². The maximum atomic E-state index is 12.9. The van der Waals surface area contributed by atoms with Crippen molar-refractivity contribution >= 4 is 0 Å². The molecule has 1 aromatic carbocycles. The number of rotatable bonds is 3. The van der Waals surface area contributed by atoms with Gasteiger partial charge in [0, 0.05) is 5.92 Å². The van der Waals surface area contributed by atoms with Crippen LogP contribution < -0.4 is 0 Å². The highest BCUT2D eigenvalue weighted by atomic mass is 19.4. The first-order valence-electron chi connectivity index (χ1n) is 5.78. The van der Waals surface area contributed by atoms with Crippen molar-refractivity contribution in [2.45, 2.75) is 32.9 Å². The fourth-order valence-corrected chi connectivity index (χ4v) is 1.92. The van der Waals surface area contributed by atoms with Gasteiger partial charge in [-0.3, -0.25) is 0 Å². The van der Waals surface area contributed by atoms with E-state index in [0.29, 0.717) is 0 Å². The second-order valence-corrected chi connectivity index (χ2v) is 5.41. The van der Waals surface area contributed by atoms with Crippen LogP contribution in [0.4, 0.5) is 13.2 Å². The molecule has 1 radical (unpaired) electrons. The lowest BCUT2D eigenvalue weighted by molar-refractivity contribution is -0.138. The van der Waals surface area contributed by atoms with Gasteiger partial charge in [-0.2, -0.15) is 13.2 Å². The van der Waals surface area contributed by atoms with Gasteiger partial charge in [0.05, 0.1) is 12.2 Å². The monoisotopic (exact) mass is 259 g/mol. The molecule has 1 rings (SSSR count). The third-order valence-corrected chi connectivity index (χ3v) is 2.56. The Morgan fingerprint density at radius 3 is 2.17 bits per heavy atom. The van der Waals surface area contributed by atoms with Gasteiger partial charge >= 0.3 is 6.18 Å². The highest BCUT2D eigenvalue weighted by molar-refractivity contribution is 5.34. The summed E-state index contributed by atoms with van der Waals surface area (Å²) < 4.78 is 38.6. The van der Waals surface area contributed by atoms with Crippen molar-refractivity contribution < 1.29 is 18.3 Å². The molecule has 0 saturated carbocycles. The average Bonchev–Trinajstić information content (AvgIpc) is 2.23. The summed E-state index contributed by atoms with van der Waals surface area (Å²) in [5, 5.41) is 9.33. The van der Waals surface area contributed by atoms with Gasteiger partial charge in [0.15, 0.2) is 0 Å². The standard InChI is InChI=1S/C14H18F3O/c1-13(2,3)8-10(9-18)11-6-4-5-7-12(11)14(15,16)17/h4-8,10,18H,9H2,1-3H3. The van der Waals surface area contributed by atoms with E-state index < -0.39 is 17.7 Å². The molecule has 0 spiro atoms. The van der Waals surface area contributed by atoms with Crippen LogP contribution in [0, 0.1) is 11.8 Å². The highest BCUT2D eigenvalue weighted by Crippen LogP contribution is 2.38.